The number of carbonyl (C=O) groups excluding carboxylic acids is 2. The van der Waals surface area contributed by atoms with Gasteiger partial charge >= 0.3 is 17.8 Å². The Kier molecular flexibility index (Phi) is 12.6. The third kappa shape index (κ3) is 9.82. The molecule has 3 aromatic carbocycles. The molecule has 4 N–H and O–H groups in total. The molecule has 5 rings (SSSR count). The number of hydrogen-bond acceptors (Lipinski definition) is 13. The van der Waals surface area contributed by atoms with Crippen LogP contribution in [0.1, 0.15) is 51.0 Å². The highest BCUT2D eigenvalue weighted by atomic mass is 32.2. The van der Waals surface area contributed by atoms with Crippen LogP contribution in [0.15, 0.2) is 71.6 Å². The number of para-hydroxylation sites is 2. The molecule has 1 heterocycles. The van der Waals surface area contributed by atoms with Gasteiger partial charge in [-0.3, -0.25) is 14.3 Å². The topological polar surface area (TPSA) is 225 Å². The Bertz CT molecular complexity index is 2120. The number of benzene rings is 3. The van der Waals surface area contributed by atoms with Gasteiger partial charge in [0.15, 0.2) is 5.82 Å². The summed E-state index contributed by atoms with van der Waals surface area (Å²) in [6.07, 6.45) is 0.132. The number of aliphatic hydroxyl groups excluding tert-OH is 1. The molecule has 0 saturated heterocycles. The number of aliphatic hydroxyl groups is 1. The fraction of sp³-hybridized carbons (Fsp3) is 0.258. The van der Waals surface area contributed by atoms with E-state index in [-0.39, 0.29) is 46.0 Å². The number of alkyl halides is 2. The molecule has 16 nitrogen and oxygen atoms in total. The molecule has 1 fully saturated rings. The summed E-state index contributed by atoms with van der Waals surface area (Å²) in [5.41, 5.74) is -0.783. The van der Waals surface area contributed by atoms with E-state index >= 15 is 0 Å². The zero-order valence-corrected chi connectivity index (χ0v) is 29.0. The smallest absolute Gasteiger partial charge is 0.355 e. The maximum atomic E-state index is 14.0. The number of ether oxygens (including phenoxy) is 3. The molecule has 2 amide bonds. The largest absolute Gasteiger partial charge is 0.496 e. The molecule has 0 aliphatic heterocycles. The molecule has 0 bridgehead atoms. The van der Waals surface area contributed by atoms with Crippen LogP contribution in [0.5, 0.6) is 17.8 Å². The second-order valence-corrected chi connectivity index (χ2v) is 13.9. The van der Waals surface area contributed by atoms with E-state index in [0.717, 1.165) is 31.0 Å². The van der Waals surface area contributed by atoms with Crippen molar-refractivity contribution < 1.29 is 58.9 Å². The number of anilines is 1. The van der Waals surface area contributed by atoms with Gasteiger partial charge in [0.25, 0.3) is 31.9 Å². The molecule has 52 heavy (non-hydrogen) atoms. The van der Waals surface area contributed by atoms with E-state index < -0.39 is 54.9 Å². The van der Waals surface area contributed by atoms with Gasteiger partial charge in [-0.15, -0.1) is 4.98 Å². The number of halogens is 3. The number of methoxy groups -OCH3 is 3. The van der Waals surface area contributed by atoms with Gasteiger partial charge < -0.3 is 24.6 Å². The summed E-state index contributed by atoms with van der Waals surface area (Å²) in [5.74, 6) is -6.13. The highest BCUT2D eigenvalue weighted by Gasteiger charge is 2.29. The predicted molar refractivity (Wildman–Crippen MR) is 177 cm³/mol. The summed E-state index contributed by atoms with van der Waals surface area (Å²) < 4.78 is 105. The van der Waals surface area contributed by atoms with Gasteiger partial charge in [-0.25, -0.2) is 25.9 Å². The minimum atomic E-state index is -5.17. The van der Waals surface area contributed by atoms with Crippen molar-refractivity contribution in [1.82, 2.24) is 25.0 Å². The van der Waals surface area contributed by atoms with Crippen LogP contribution >= 0.6 is 0 Å². The second-order valence-electron chi connectivity index (χ2n) is 10.6. The number of carbonyl (C=O) groups is 2. The molecular formula is C31H31F3N6O10S2. The molecule has 21 heteroatoms. The number of nitrogens with one attached hydrogen (secondary N) is 3. The van der Waals surface area contributed by atoms with E-state index in [9.17, 15) is 44.7 Å². The van der Waals surface area contributed by atoms with Crippen LogP contribution in [0.3, 0.4) is 0 Å². The molecular weight excluding hydrogens is 738 g/mol. The van der Waals surface area contributed by atoms with Crippen LogP contribution in [-0.4, -0.2) is 81.8 Å². The van der Waals surface area contributed by atoms with Crippen LogP contribution in [0.4, 0.5) is 18.9 Å². The molecule has 1 atom stereocenters. The summed E-state index contributed by atoms with van der Waals surface area (Å²) in [6.45, 7) is 0. The highest BCUT2D eigenvalue weighted by Crippen LogP contribution is 2.31. The zero-order chi connectivity index (χ0) is 38.2. The number of hydrogen-bond donors (Lipinski definition) is 4. The summed E-state index contributed by atoms with van der Waals surface area (Å²) in [6, 6.07) is 14.5. The van der Waals surface area contributed by atoms with E-state index in [1.807, 2.05) is 4.72 Å². The molecule has 278 valence electrons. The van der Waals surface area contributed by atoms with Crippen LogP contribution in [0.2, 0.25) is 0 Å². The third-order valence-electron chi connectivity index (χ3n) is 6.96. The molecule has 1 aliphatic carbocycles. The lowest BCUT2D eigenvalue weighted by Gasteiger charge is -2.17. The van der Waals surface area contributed by atoms with Gasteiger partial charge in [-0.1, -0.05) is 24.3 Å². The van der Waals surface area contributed by atoms with E-state index in [1.54, 1.807) is 18.2 Å². The van der Waals surface area contributed by atoms with Gasteiger partial charge in [0, 0.05) is 17.2 Å². The molecule has 0 spiro atoms. The van der Waals surface area contributed by atoms with Crippen molar-refractivity contribution in [2.24, 2.45) is 0 Å². The zero-order valence-electron chi connectivity index (χ0n) is 27.4. The van der Waals surface area contributed by atoms with Crippen LogP contribution in [0, 0.1) is 5.82 Å². The van der Waals surface area contributed by atoms with E-state index in [1.165, 1.54) is 56.4 Å². The number of aromatic nitrogens is 3. The van der Waals surface area contributed by atoms with Crippen molar-refractivity contribution in [3.63, 3.8) is 0 Å². The minimum absolute atomic E-state index is 0.108. The van der Waals surface area contributed by atoms with Gasteiger partial charge in [-0.05, 0) is 55.3 Å². The Morgan fingerprint density at radius 1 is 0.827 bits per heavy atom. The van der Waals surface area contributed by atoms with Crippen molar-refractivity contribution in [3.8, 4) is 17.8 Å². The summed E-state index contributed by atoms with van der Waals surface area (Å²) in [7, 11) is -5.39. The molecule has 1 aliphatic rings. The Morgan fingerprint density at radius 3 is 2.00 bits per heavy atom. The quantitative estimate of drug-likeness (QED) is 0.154. The van der Waals surface area contributed by atoms with Crippen molar-refractivity contribution in [3.05, 3.63) is 95.1 Å². The first-order valence-electron chi connectivity index (χ1n) is 14.8. The van der Waals surface area contributed by atoms with Gasteiger partial charge in [0.1, 0.15) is 17.7 Å². The molecule has 4 aromatic rings. The average molecular weight is 769 g/mol. The maximum Gasteiger partial charge on any atom is 0.355 e. The lowest BCUT2D eigenvalue weighted by Crippen LogP contribution is -2.31. The van der Waals surface area contributed by atoms with Gasteiger partial charge in [0.05, 0.1) is 37.5 Å². The normalized spacial score (nSPS) is 13.2. The lowest BCUT2D eigenvalue weighted by molar-refractivity contribution is 0.0948. The van der Waals surface area contributed by atoms with Crippen LogP contribution < -0.4 is 29.0 Å². The number of rotatable bonds is 13. The van der Waals surface area contributed by atoms with E-state index in [0.29, 0.717) is 5.56 Å². The molecule has 1 saturated carbocycles. The fourth-order valence-electron chi connectivity index (χ4n) is 4.21. The van der Waals surface area contributed by atoms with Crippen molar-refractivity contribution in [1.29, 1.82) is 0 Å². The van der Waals surface area contributed by atoms with Crippen LogP contribution in [-0.2, 0) is 20.0 Å². The minimum Gasteiger partial charge on any atom is -0.496 e. The number of nitrogens with zero attached hydrogens (tertiary/aromatic N) is 3. The summed E-state index contributed by atoms with van der Waals surface area (Å²) in [5, 5.41) is 13.2. The Labute approximate surface area is 295 Å². The number of amides is 2. The summed E-state index contributed by atoms with van der Waals surface area (Å²) in [4.78, 5) is 35.3. The molecule has 1 unspecified atom stereocenters. The first-order valence-corrected chi connectivity index (χ1v) is 17.8. The predicted octanol–water partition coefficient (Wildman–Crippen LogP) is 2.78. The standard InChI is InChI=1S/C18H18N2O5S.C13H13F3N4O5S/c1-25-16-5-3-2-4-15(16)18(22)20-26(23,24)14-10-6-12(7-11-14)17(21)19-13-8-9-13;1-24-12-17-10(18-13(19-12)25-2)9(21)6-4-3-5-7(14)8(6)20-26(22,23)11(15)16/h2-7,10-11,13H,8-9H2,1H3,(H,19,21)(H,20,22);3-5,9,11,20-21H,1-2H3. The van der Waals surface area contributed by atoms with E-state index in [4.69, 9.17) is 14.2 Å². The number of sulfonamides is 2. The lowest BCUT2D eigenvalue weighted by atomic mass is 10.1. The summed E-state index contributed by atoms with van der Waals surface area (Å²) >= 11 is 0. The monoisotopic (exact) mass is 768 g/mol. The molecule has 1 aromatic heterocycles. The SMILES string of the molecule is COc1ccccc1C(=O)NS(=O)(=O)c1ccc(C(=O)NC2CC2)cc1.COc1nc(OC)nc(C(O)c2cccc(F)c2NS(=O)(=O)C(F)F)n1. The first-order chi connectivity index (χ1) is 24.6. The maximum absolute atomic E-state index is 14.0. The fourth-order valence-corrected chi connectivity index (χ4v) is 5.77. The van der Waals surface area contributed by atoms with Crippen molar-refractivity contribution in [2.75, 3.05) is 26.1 Å². The van der Waals surface area contributed by atoms with Gasteiger partial charge in [0.2, 0.25) is 0 Å². The van der Waals surface area contributed by atoms with Crippen molar-refractivity contribution >= 4 is 37.5 Å². The Balaban J connectivity index is 0.000000233. The van der Waals surface area contributed by atoms with Gasteiger partial charge in [-0.2, -0.15) is 18.7 Å². The third-order valence-corrected chi connectivity index (χ3v) is 9.26. The second kappa shape index (κ2) is 16.7. The molecule has 0 radical (unpaired) electrons. The van der Waals surface area contributed by atoms with E-state index in [2.05, 4.69) is 20.3 Å². The highest BCUT2D eigenvalue weighted by molar-refractivity contribution is 7.93. The van der Waals surface area contributed by atoms with Crippen LogP contribution in [0.25, 0.3) is 0 Å². The Morgan fingerprint density at radius 2 is 1.44 bits per heavy atom. The van der Waals surface area contributed by atoms with Crippen molar-refractivity contribution in [2.45, 2.75) is 35.6 Å². The average Bonchev–Trinajstić information content (AvgIpc) is 3.95. The Hall–Kier alpha value is -5.54. The first kappa shape index (κ1) is 39.2.